The predicted molar refractivity (Wildman–Crippen MR) is 102 cm³/mol. The molecular formula is C18H20N2O3S2. The second kappa shape index (κ2) is 7.11. The van der Waals surface area contributed by atoms with Crippen LogP contribution in [-0.4, -0.2) is 19.5 Å². The molecule has 0 amide bonds. The molecule has 1 N–H and O–H groups in total. The molecule has 3 rings (SSSR count). The van der Waals surface area contributed by atoms with E-state index in [1.807, 2.05) is 44.2 Å². The van der Waals surface area contributed by atoms with Crippen molar-refractivity contribution in [2.24, 2.45) is 5.92 Å². The topological polar surface area (TPSA) is 68.2 Å². The minimum atomic E-state index is -3.56. The number of nitrogens with one attached hydrogen (secondary N) is 1. The Kier molecular flexibility index (Phi) is 5.08. The lowest BCUT2D eigenvalue weighted by atomic mass is 10.2. The molecule has 0 saturated carbocycles. The third-order valence-corrected chi connectivity index (χ3v) is 6.18. The van der Waals surface area contributed by atoms with Gasteiger partial charge in [0.05, 0.1) is 21.7 Å². The highest BCUT2D eigenvalue weighted by Gasteiger charge is 2.17. The van der Waals surface area contributed by atoms with Gasteiger partial charge in [-0.25, -0.2) is 13.1 Å². The normalized spacial score (nSPS) is 12.1. The zero-order valence-electron chi connectivity index (χ0n) is 14.1. The van der Waals surface area contributed by atoms with Crippen molar-refractivity contribution in [1.29, 1.82) is 0 Å². The van der Waals surface area contributed by atoms with Gasteiger partial charge in [-0.05, 0) is 29.7 Å². The van der Waals surface area contributed by atoms with E-state index in [1.54, 1.807) is 22.8 Å². The SMILES string of the molecule is CC(C)CNS(=O)(=O)c1ccc2c(c1)sc(=O)n2Cc1ccccc1. The molecular weight excluding hydrogens is 356 g/mol. The fourth-order valence-electron chi connectivity index (χ4n) is 2.49. The molecule has 0 bridgehead atoms. The van der Waals surface area contributed by atoms with Gasteiger partial charge in [0.15, 0.2) is 0 Å². The molecule has 3 aromatic rings. The quantitative estimate of drug-likeness (QED) is 0.719. The van der Waals surface area contributed by atoms with Crippen molar-refractivity contribution in [3.8, 4) is 0 Å². The molecule has 7 heteroatoms. The molecule has 0 aliphatic rings. The number of fused-ring (bicyclic) bond motifs is 1. The summed E-state index contributed by atoms with van der Waals surface area (Å²) in [6.45, 7) is 4.74. The van der Waals surface area contributed by atoms with E-state index in [-0.39, 0.29) is 15.7 Å². The van der Waals surface area contributed by atoms with Crippen LogP contribution in [0.25, 0.3) is 10.2 Å². The summed E-state index contributed by atoms with van der Waals surface area (Å²) in [6.07, 6.45) is 0. The molecule has 2 aromatic carbocycles. The van der Waals surface area contributed by atoms with E-state index < -0.39 is 10.0 Å². The maximum Gasteiger partial charge on any atom is 0.308 e. The number of thiazole rings is 1. The van der Waals surface area contributed by atoms with E-state index in [4.69, 9.17) is 0 Å². The molecule has 0 spiro atoms. The average Bonchev–Trinajstić information content (AvgIpc) is 2.89. The monoisotopic (exact) mass is 376 g/mol. The number of aromatic nitrogens is 1. The molecule has 0 saturated heterocycles. The highest BCUT2D eigenvalue weighted by Crippen LogP contribution is 2.22. The van der Waals surface area contributed by atoms with Crippen molar-refractivity contribution in [2.75, 3.05) is 6.54 Å². The minimum Gasteiger partial charge on any atom is -0.294 e. The number of rotatable bonds is 6. The summed E-state index contributed by atoms with van der Waals surface area (Å²) in [5, 5.41) is 0. The Morgan fingerprint density at radius 2 is 1.84 bits per heavy atom. The van der Waals surface area contributed by atoms with Crippen molar-refractivity contribution in [2.45, 2.75) is 25.3 Å². The second-order valence-electron chi connectivity index (χ2n) is 6.31. The lowest BCUT2D eigenvalue weighted by molar-refractivity contribution is 0.560. The van der Waals surface area contributed by atoms with E-state index in [0.29, 0.717) is 17.8 Å². The minimum absolute atomic E-state index is 0.0939. The Labute approximate surface area is 151 Å². The first kappa shape index (κ1) is 17.8. The van der Waals surface area contributed by atoms with Gasteiger partial charge in [-0.15, -0.1) is 0 Å². The van der Waals surface area contributed by atoms with Crippen LogP contribution in [0, 0.1) is 5.92 Å². The molecule has 0 radical (unpaired) electrons. The molecule has 1 heterocycles. The second-order valence-corrected chi connectivity index (χ2v) is 9.08. The zero-order valence-corrected chi connectivity index (χ0v) is 15.7. The van der Waals surface area contributed by atoms with E-state index in [0.717, 1.165) is 22.4 Å². The highest BCUT2D eigenvalue weighted by atomic mass is 32.2. The molecule has 1 aromatic heterocycles. The fraction of sp³-hybridized carbons (Fsp3) is 0.278. The molecule has 25 heavy (non-hydrogen) atoms. The van der Waals surface area contributed by atoms with Gasteiger partial charge in [-0.1, -0.05) is 55.5 Å². The van der Waals surface area contributed by atoms with Crippen LogP contribution in [0.5, 0.6) is 0 Å². The first-order valence-corrected chi connectivity index (χ1v) is 10.3. The van der Waals surface area contributed by atoms with Gasteiger partial charge in [0.1, 0.15) is 0 Å². The van der Waals surface area contributed by atoms with E-state index in [2.05, 4.69) is 4.72 Å². The van der Waals surface area contributed by atoms with Gasteiger partial charge >= 0.3 is 4.87 Å². The third-order valence-electron chi connectivity index (χ3n) is 3.82. The molecule has 0 atom stereocenters. The summed E-state index contributed by atoms with van der Waals surface area (Å²) >= 11 is 1.07. The van der Waals surface area contributed by atoms with Crippen molar-refractivity contribution >= 4 is 31.6 Å². The average molecular weight is 377 g/mol. The van der Waals surface area contributed by atoms with Crippen molar-refractivity contribution in [3.05, 3.63) is 63.8 Å². The summed E-state index contributed by atoms with van der Waals surface area (Å²) < 4.78 is 29.7. The Morgan fingerprint density at radius 3 is 2.52 bits per heavy atom. The standard InChI is InChI=1S/C18H20N2O3S2/c1-13(2)11-19-25(22,23)15-8-9-16-17(10-15)24-18(21)20(16)12-14-6-4-3-5-7-14/h3-10,13,19H,11-12H2,1-2H3. The number of nitrogens with zero attached hydrogens (tertiary/aromatic N) is 1. The molecule has 0 unspecified atom stereocenters. The molecule has 132 valence electrons. The summed E-state index contributed by atoms with van der Waals surface area (Å²) in [5.74, 6) is 0.224. The maximum atomic E-state index is 12.4. The molecule has 5 nitrogen and oxygen atoms in total. The Hall–Kier alpha value is -1.96. The van der Waals surface area contributed by atoms with Gasteiger partial charge in [0.25, 0.3) is 0 Å². The lowest BCUT2D eigenvalue weighted by Crippen LogP contribution is -2.27. The van der Waals surface area contributed by atoms with Crippen LogP contribution in [0.1, 0.15) is 19.4 Å². The number of hydrogen-bond donors (Lipinski definition) is 1. The highest BCUT2D eigenvalue weighted by molar-refractivity contribution is 7.89. The van der Waals surface area contributed by atoms with Crippen molar-refractivity contribution in [3.63, 3.8) is 0 Å². The molecule has 0 fully saturated rings. The number of sulfonamides is 1. The molecule has 0 aliphatic heterocycles. The first-order chi connectivity index (χ1) is 11.9. The van der Waals surface area contributed by atoms with Crippen molar-refractivity contribution < 1.29 is 8.42 Å². The van der Waals surface area contributed by atoms with E-state index in [9.17, 15) is 13.2 Å². The fourth-order valence-corrected chi connectivity index (χ4v) is 4.73. The van der Waals surface area contributed by atoms with Gasteiger partial charge in [0, 0.05) is 6.54 Å². The summed E-state index contributed by atoms with van der Waals surface area (Å²) in [7, 11) is -3.56. The van der Waals surface area contributed by atoms with Gasteiger partial charge in [0.2, 0.25) is 10.0 Å². The zero-order chi connectivity index (χ0) is 18.0. The third kappa shape index (κ3) is 4.00. The number of benzene rings is 2. The van der Waals surface area contributed by atoms with Gasteiger partial charge in [-0.2, -0.15) is 0 Å². The van der Waals surface area contributed by atoms with E-state index >= 15 is 0 Å². The Bertz CT molecular complexity index is 1040. The number of hydrogen-bond acceptors (Lipinski definition) is 4. The van der Waals surface area contributed by atoms with Crippen LogP contribution in [0.15, 0.2) is 58.2 Å². The first-order valence-electron chi connectivity index (χ1n) is 8.04. The van der Waals surface area contributed by atoms with Crippen molar-refractivity contribution in [1.82, 2.24) is 9.29 Å². The summed E-state index contributed by atoms with van der Waals surface area (Å²) in [5.41, 5.74) is 1.78. The predicted octanol–water partition coefficient (Wildman–Crippen LogP) is 3.05. The largest absolute Gasteiger partial charge is 0.308 e. The van der Waals surface area contributed by atoms with Crippen LogP contribution in [0.4, 0.5) is 0 Å². The van der Waals surface area contributed by atoms with Gasteiger partial charge < -0.3 is 0 Å². The van der Waals surface area contributed by atoms with Crippen LogP contribution >= 0.6 is 11.3 Å². The maximum absolute atomic E-state index is 12.4. The van der Waals surface area contributed by atoms with Crippen LogP contribution in [-0.2, 0) is 16.6 Å². The van der Waals surface area contributed by atoms with Crippen LogP contribution in [0.3, 0.4) is 0 Å². The van der Waals surface area contributed by atoms with Crippen LogP contribution in [0.2, 0.25) is 0 Å². The van der Waals surface area contributed by atoms with Crippen LogP contribution < -0.4 is 9.60 Å². The Morgan fingerprint density at radius 1 is 1.12 bits per heavy atom. The lowest BCUT2D eigenvalue weighted by Gasteiger charge is -2.09. The summed E-state index contributed by atoms with van der Waals surface area (Å²) in [4.78, 5) is 12.4. The summed E-state index contributed by atoms with van der Waals surface area (Å²) in [6, 6.07) is 14.6. The molecule has 0 aliphatic carbocycles. The van der Waals surface area contributed by atoms with Gasteiger partial charge in [-0.3, -0.25) is 9.36 Å². The smallest absolute Gasteiger partial charge is 0.294 e. The Balaban J connectivity index is 1.96. The van der Waals surface area contributed by atoms with E-state index in [1.165, 1.54) is 0 Å².